The van der Waals surface area contributed by atoms with Gasteiger partial charge in [0.05, 0.1) is 12.0 Å². The van der Waals surface area contributed by atoms with Crippen LogP contribution in [0.15, 0.2) is 22.8 Å². The van der Waals surface area contributed by atoms with E-state index in [4.69, 9.17) is 4.42 Å². The summed E-state index contributed by atoms with van der Waals surface area (Å²) < 4.78 is 6.81. The number of aryl methyl sites for hydroxylation is 2. The molecule has 0 radical (unpaired) electrons. The average molecular weight is 316 g/mol. The van der Waals surface area contributed by atoms with Gasteiger partial charge in [0.25, 0.3) is 0 Å². The summed E-state index contributed by atoms with van der Waals surface area (Å²) in [5.41, 5.74) is 1.27. The van der Waals surface area contributed by atoms with Crippen molar-refractivity contribution in [3.63, 3.8) is 0 Å². The Morgan fingerprint density at radius 3 is 2.95 bits per heavy atom. The average Bonchev–Trinajstić information content (AvgIpc) is 3.24. The van der Waals surface area contributed by atoms with E-state index in [-0.39, 0.29) is 5.69 Å². The summed E-state index contributed by atoms with van der Waals surface area (Å²) >= 11 is 1.54. The Bertz CT molecular complexity index is 811. The summed E-state index contributed by atoms with van der Waals surface area (Å²) in [5, 5.41) is 17.7. The summed E-state index contributed by atoms with van der Waals surface area (Å²) in [4.78, 5) is 17.2. The Labute approximate surface area is 129 Å². The van der Waals surface area contributed by atoms with Crippen LogP contribution in [0.4, 0.5) is 0 Å². The molecular formula is C14H12N4O3S. The zero-order chi connectivity index (χ0) is 15.1. The van der Waals surface area contributed by atoms with Gasteiger partial charge >= 0.3 is 5.97 Å². The number of nitrogens with zero attached hydrogens (tertiary/aromatic N) is 4. The Morgan fingerprint density at radius 2 is 2.23 bits per heavy atom. The molecule has 1 aliphatic carbocycles. The van der Waals surface area contributed by atoms with Gasteiger partial charge in [0.15, 0.2) is 5.76 Å². The van der Waals surface area contributed by atoms with Crippen molar-refractivity contribution in [1.29, 1.82) is 0 Å². The maximum Gasteiger partial charge on any atom is 0.358 e. The van der Waals surface area contributed by atoms with Crippen molar-refractivity contribution in [2.45, 2.75) is 25.7 Å². The molecule has 4 rings (SSSR count). The molecule has 1 N–H and O–H groups in total. The number of carboxylic acids is 1. The summed E-state index contributed by atoms with van der Waals surface area (Å²) in [7, 11) is 0. The number of aromatic nitrogens is 4. The van der Waals surface area contributed by atoms with Crippen LogP contribution in [-0.4, -0.2) is 31.1 Å². The molecule has 0 unspecified atom stereocenters. The lowest BCUT2D eigenvalue weighted by Crippen LogP contribution is -2.03. The molecule has 0 aliphatic heterocycles. The number of thiazole rings is 1. The molecule has 0 amide bonds. The minimum Gasteiger partial charge on any atom is -0.476 e. The van der Waals surface area contributed by atoms with E-state index in [1.165, 1.54) is 27.2 Å². The van der Waals surface area contributed by atoms with Gasteiger partial charge in [0.1, 0.15) is 5.69 Å². The minimum atomic E-state index is -1.14. The summed E-state index contributed by atoms with van der Waals surface area (Å²) in [6.07, 6.45) is 5.77. The van der Waals surface area contributed by atoms with Crippen LogP contribution < -0.4 is 0 Å². The van der Waals surface area contributed by atoms with Crippen LogP contribution in [-0.2, 0) is 12.8 Å². The highest BCUT2D eigenvalue weighted by Crippen LogP contribution is 2.32. The van der Waals surface area contributed by atoms with Crippen LogP contribution in [0.25, 0.3) is 16.6 Å². The third-order valence-electron chi connectivity index (χ3n) is 3.64. The van der Waals surface area contributed by atoms with Gasteiger partial charge < -0.3 is 9.52 Å². The molecular weight excluding hydrogens is 304 g/mol. The lowest BCUT2D eigenvalue weighted by Gasteiger charge is -2.06. The van der Waals surface area contributed by atoms with Crippen LogP contribution >= 0.6 is 11.3 Å². The maximum absolute atomic E-state index is 11.4. The third-order valence-corrected chi connectivity index (χ3v) is 4.78. The van der Waals surface area contributed by atoms with Crippen LogP contribution in [0.5, 0.6) is 0 Å². The topological polar surface area (TPSA) is 94.0 Å². The van der Waals surface area contributed by atoms with Crippen LogP contribution in [0.2, 0.25) is 0 Å². The first-order valence-electron chi connectivity index (χ1n) is 6.96. The van der Waals surface area contributed by atoms with E-state index in [1.54, 1.807) is 12.1 Å². The first kappa shape index (κ1) is 13.2. The number of hydrogen-bond donors (Lipinski definition) is 1. The second-order valence-corrected chi connectivity index (χ2v) is 6.12. The lowest BCUT2D eigenvalue weighted by molar-refractivity contribution is 0.0691. The molecule has 8 heteroatoms. The molecule has 112 valence electrons. The Morgan fingerprint density at radius 1 is 1.36 bits per heavy atom. The van der Waals surface area contributed by atoms with Crippen molar-refractivity contribution in [2.75, 3.05) is 0 Å². The van der Waals surface area contributed by atoms with E-state index in [2.05, 4.69) is 15.3 Å². The van der Waals surface area contributed by atoms with E-state index in [0.29, 0.717) is 16.6 Å². The molecule has 1 aliphatic rings. The van der Waals surface area contributed by atoms with Gasteiger partial charge in [-0.1, -0.05) is 16.6 Å². The molecule has 0 bridgehead atoms. The molecule has 3 aromatic rings. The predicted octanol–water partition coefficient (Wildman–Crippen LogP) is 2.56. The standard InChI is InChI=1S/C14H12N4O3S/c19-13(20)11-12(9-5-3-7-21-9)18(17-16-11)14-15-8-4-1-2-6-10(8)22-14/h3,5,7H,1-2,4,6H2,(H,19,20). The van der Waals surface area contributed by atoms with E-state index in [0.717, 1.165) is 31.4 Å². The molecule has 0 aromatic carbocycles. The summed E-state index contributed by atoms with van der Waals surface area (Å²) in [5.74, 6) is -0.727. The highest BCUT2D eigenvalue weighted by molar-refractivity contribution is 7.14. The molecule has 22 heavy (non-hydrogen) atoms. The smallest absolute Gasteiger partial charge is 0.358 e. The van der Waals surface area contributed by atoms with Crippen molar-refractivity contribution in [2.24, 2.45) is 0 Å². The van der Waals surface area contributed by atoms with Crippen molar-refractivity contribution < 1.29 is 14.3 Å². The Hall–Kier alpha value is -2.48. The number of carboxylic acid groups (broad SMARTS) is 1. The van der Waals surface area contributed by atoms with Crippen molar-refractivity contribution >= 4 is 17.3 Å². The van der Waals surface area contributed by atoms with Gasteiger partial charge in [-0.2, -0.15) is 4.68 Å². The number of furan rings is 1. The zero-order valence-electron chi connectivity index (χ0n) is 11.5. The fourth-order valence-corrected chi connectivity index (χ4v) is 3.73. The van der Waals surface area contributed by atoms with Gasteiger partial charge in [-0.3, -0.25) is 0 Å². The van der Waals surface area contributed by atoms with E-state index in [9.17, 15) is 9.90 Å². The lowest BCUT2D eigenvalue weighted by atomic mass is 10.0. The van der Waals surface area contributed by atoms with E-state index in [1.807, 2.05) is 0 Å². The molecule has 0 saturated heterocycles. The molecule has 0 atom stereocenters. The highest BCUT2D eigenvalue weighted by atomic mass is 32.1. The molecule has 3 heterocycles. The molecule has 0 spiro atoms. The van der Waals surface area contributed by atoms with Gasteiger partial charge in [-0.15, -0.1) is 5.10 Å². The van der Waals surface area contributed by atoms with Crippen LogP contribution in [0.1, 0.15) is 33.9 Å². The van der Waals surface area contributed by atoms with Gasteiger partial charge in [-0.05, 0) is 37.8 Å². The van der Waals surface area contributed by atoms with E-state index < -0.39 is 5.97 Å². The third kappa shape index (κ3) is 2.03. The fourth-order valence-electron chi connectivity index (χ4n) is 2.62. The number of hydrogen-bond acceptors (Lipinski definition) is 6. The van der Waals surface area contributed by atoms with Gasteiger partial charge in [-0.25, -0.2) is 9.78 Å². The van der Waals surface area contributed by atoms with Crippen molar-refractivity contribution in [3.8, 4) is 16.6 Å². The number of rotatable bonds is 3. The van der Waals surface area contributed by atoms with Gasteiger partial charge in [0, 0.05) is 4.88 Å². The quantitative estimate of drug-likeness (QED) is 0.798. The maximum atomic E-state index is 11.4. The molecule has 0 saturated carbocycles. The molecule has 0 fully saturated rings. The number of fused-ring (bicyclic) bond motifs is 1. The second kappa shape index (κ2) is 5.06. The normalized spacial score (nSPS) is 14.0. The van der Waals surface area contributed by atoms with Crippen molar-refractivity contribution in [3.05, 3.63) is 34.7 Å². The SMILES string of the molecule is O=C(O)c1nnn(-c2nc3c(s2)CCCC3)c1-c1ccco1. The summed E-state index contributed by atoms with van der Waals surface area (Å²) in [6, 6.07) is 3.39. The van der Waals surface area contributed by atoms with Crippen LogP contribution in [0, 0.1) is 0 Å². The Balaban J connectivity index is 1.88. The first-order chi connectivity index (χ1) is 10.7. The molecule has 7 nitrogen and oxygen atoms in total. The number of aromatic carboxylic acids is 1. The zero-order valence-corrected chi connectivity index (χ0v) is 12.3. The monoisotopic (exact) mass is 316 g/mol. The van der Waals surface area contributed by atoms with Crippen LogP contribution in [0.3, 0.4) is 0 Å². The summed E-state index contributed by atoms with van der Waals surface area (Å²) in [6.45, 7) is 0. The second-order valence-electron chi connectivity index (χ2n) is 5.05. The minimum absolute atomic E-state index is 0.136. The Kier molecular flexibility index (Phi) is 3.04. The fraction of sp³-hybridized carbons (Fsp3) is 0.286. The van der Waals surface area contributed by atoms with E-state index >= 15 is 0 Å². The van der Waals surface area contributed by atoms with Gasteiger partial charge in [0.2, 0.25) is 10.8 Å². The highest BCUT2D eigenvalue weighted by Gasteiger charge is 2.26. The first-order valence-corrected chi connectivity index (χ1v) is 7.77. The largest absolute Gasteiger partial charge is 0.476 e. The van der Waals surface area contributed by atoms with Crippen molar-refractivity contribution in [1.82, 2.24) is 20.0 Å². The molecule has 3 aromatic heterocycles. The number of carbonyl (C=O) groups is 1. The predicted molar refractivity (Wildman–Crippen MR) is 78.3 cm³/mol.